The second-order valence-corrected chi connectivity index (χ2v) is 3.01. The van der Waals surface area contributed by atoms with Gasteiger partial charge in [0, 0.05) is 6.42 Å². The molecule has 0 saturated carbocycles. The van der Waals surface area contributed by atoms with Gasteiger partial charge in [0.25, 0.3) is 0 Å². The summed E-state index contributed by atoms with van der Waals surface area (Å²) in [5.41, 5.74) is 0. The molecule has 4 nitrogen and oxygen atoms in total. The Morgan fingerprint density at radius 2 is 1.38 bits per heavy atom. The molecule has 0 aliphatic heterocycles. The zero-order valence-electron chi connectivity index (χ0n) is 8.29. The van der Waals surface area contributed by atoms with Gasteiger partial charge >= 0.3 is 0 Å². The largest absolute Gasteiger partial charge is 0.328 e. The number of ketones is 2. The Morgan fingerprint density at radius 1 is 1.00 bits per heavy atom. The van der Waals surface area contributed by atoms with Crippen molar-refractivity contribution in [3.05, 3.63) is 0 Å². The summed E-state index contributed by atoms with van der Waals surface area (Å²) in [4.78, 5) is 34.0. The minimum atomic E-state index is -0.162. The van der Waals surface area contributed by atoms with Crippen molar-refractivity contribution in [3.63, 3.8) is 0 Å². The molecule has 0 aromatic carbocycles. The molecule has 0 atom stereocenters. The molecular formula is C9H15NO3. The maximum absolute atomic E-state index is 11.2. The molecule has 0 aliphatic rings. The SMILES string of the molecule is CCC(=O)N(CC(C)=O)CC(C)=O. The van der Waals surface area contributed by atoms with E-state index < -0.39 is 0 Å². The fourth-order valence-electron chi connectivity index (χ4n) is 0.993. The zero-order chi connectivity index (χ0) is 10.4. The van der Waals surface area contributed by atoms with Crippen LogP contribution < -0.4 is 0 Å². The van der Waals surface area contributed by atoms with Gasteiger partial charge in [-0.25, -0.2) is 0 Å². The van der Waals surface area contributed by atoms with E-state index in [1.165, 1.54) is 18.7 Å². The predicted octanol–water partition coefficient (Wildman–Crippen LogP) is 0.403. The van der Waals surface area contributed by atoms with Gasteiger partial charge in [-0.15, -0.1) is 0 Å². The summed E-state index contributed by atoms with van der Waals surface area (Å²) in [6, 6.07) is 0. The Kier molecular flexibility index (Phi) is 4.96. The third kappa shape index (κ3) is 5.11. The summed E-state index contributed by atoms with van der Waals surface area (Å²) in [5, 5.41) is 0. The van der Waals surface area contributed by atoms with Crippen molar-refractivity contribution in [2.24, 2.45) is 0 Å². The Bertz CT molecular complexity index is 207. The third-order valence-electron chi connectivity index (χ3n) is 1.48. The highest BCUT2D eigenvalue weighted by Crippen LogP contribution is 1.94. The van der Waals surface area contributed by atoms with E-state index >= 15 is 0 Å². The van der Waals surface area contributed by atoms with E-state index in [4.69, 9.17) is 0 Å². The second kappa shape index (κ2) is 5.45. The predicted molar refractivity (Wildman–Crippen MR) is 48.2 cm³/mol. The van der Waals surface area contributed by atoms with Crippen LogP contribution in [-0.2, 0) is 14.4 Å². The van der Waals surface area contributed by atoms with Crippen molar-refractivity contribution in [1.29, 1.82) is 0 Å². The lowest BCUT2D eigenvalue weighted by atomic mass is 10.3. The van der Waals surface area contributed by atoms with Gasteiger partial charge in [0.2, 0.25) is 5.91 Å². The van der Waals surface area contributed by atoms with Gasteiger partial charge in [-0.1, -0.05) is 6.92 Å². The van der Waals surface area contributed by atoms with Crippen LogP contribution >= 0.6 is 0 Å². The second-order valence-electron chi connectivity index (χ2n) is 3.01. The molecule has 0 bridgehead atoms. The highest BCUT2D eigenvalue weighted by molar-refractivity contribution is 5.88. The molecule has 0 saturated heterocycles. The maximum atomic E-state index is 11.2. The van der Waals surface area contributed by atoms with Crippen LogP contribution in [0.5, 0.6) is 0 Å². The molecule has 0 unspecified atom stereocenters. The Morgan fingerprint density at radius 3 is 1.62 bits per heavy atom. The lowest BCUT2D eigenvalue weighted by molar-refractivity contribution is -0.137. The van der Waals surface area contributed by atoms with E-state index in [0.29, 0.717) is 6.42 Å². The molecule has 0 radical (unpaired) electrons. The number of hydrogen-bond acceptors (Lipinski definition) is 3. The van der Waals surface area contributed by atoms with Crippen molar-refractivity contribution in [3.8, 4) is 0 Å². The average Bonchev–Trinajstić information content (AvgIpc) is 2.00. The van der Waals surface area contributed by atoms with Gasteiger partial charge in [0.05, 0.1) is 13.1 Å². The van der Waals surface area contributed by atoms with Crippen LogP contribution in [0.2, 0.25) is 0 Å². The molecule has 0 spiro atoms. The van der Waals surface area contributed by atoms with Crippen LogP contribution in [0.3, 0.4) is 0 Å². The Labute approximate surface area is 77.9 Å². The summed E-state index contributed by atoms with van der Waals surface area (Å²) >= 11 is 0. The number of carbonyl (C=O) groups excluding carboxylic acids is 3. The quantitative estimate of drug-likeness (QED) is 0.623. The number of amides is 1. The number of Topliss-reactive ketones (excluding diaryl/α,β-unsaturated/α-hetero) is 2. The van der Waals surface area contributed by atoms with Crippen LogP contribution in [0.25, 0.3) is 0 Å². The van der Waals surface area contributed by atoms with Crippen LogP contribution in [0.1, 0.15) is 27.2 Å². The zero-order valence-corrected chi connectivity index (χ0v) is 8.29. The first-order valence-corrected chi connectivity index (χ1v) is 4.24. The summed E-state index contributed by atoms with van der Waals surface area (Å²) in [6.07, 6.45) is 0.320. The molecule has 1 amide bonds. The normalized spacial score (nSPS) is 9.46. The molecular weight excluding hydrogens is 170 g/mol. The van der Waals surface area contributed by atoms with Gasteiger partial charge in [-0.05, 0) is 13.8 Å². The van der Waals surface area contributed by atoms with Crippen LogP contribution in [0, 0.1) is 0 Å². The molecule has 74 valence electrons. The Balaban J connectivity index is 4.26. The van der Waals surface area contributed by atoms with Crippen molar-refractivity contribution in [1.82, 2.24) is 4.90 Å². The van der Waals surface area contributed by atoms with Gasteiger partial charge in [0.15, 0.2) is 0 Å². The van der Waals surface area contributed by atoms with Crippen LogP contribution in [-0.4, -0.2) is 35.5 Å². The minimum Gasteiger partial charge on any atom is -0.328 e. The molecule has 0 aliphatic carbocycles. The van der Waals surface area contributed by atoms with Crippen molar-refractivity contribution in [2.75, 3.05) is 13.1 Å². The fourth-order valence-corrected chi connectivity index (χ4v) is 0.993. The highest BCUT2D eigenvalue weighted by atomic mass is 16.2. The molecule has 0 heterocycles. The number of carbonyl (C=O) groups is 3. The fraction of sp³-hybridized carbons (Fsp3) is 0.667. The van der Waals surface area contributed by atoms with E-state index in [-0.39, 0.29) is 30.6 Å². The average molecular weight is 185 g/mol. The van der Waals surface area contributed by atoms with Gasteiger partial charge < -0.3 is 4.90 Å². The van der Waals surface area contributed by atoms with E-state index in [1.807, 2.05) is 0 Å². The first-order valence-electron chi connectivity index (χ1n) is 4.24. The van der Waals surface area contributed by atoms with E-state index in [1.54, 1.807) is 6.92 Å². The van der Waals surface area contributed by atoms with Gasteiger partial charge in [-0.2, -0.15) is 0 Å². The number of nitrogens with zero attached hydrogens (tertiary/aromatic N) is 1. The molecule has 0 N–H and O–H groups in total. The van der Waals surface area contributed by atoms with E-state index in [0.717, 1.165) is 0 Å². The molecule has 0 aromatic heterocycles. The lowest BCUT2D eigenvalue weighted by Crippen LogP contribution is -2.37. The third-order valence-corrected chi connectivity index (χ3v) is 1.48. The van der Waals surface area contributed by atoms with Crippen molar-refractivity contribution in [2.45, 2.75) is 27.2 Å². The summed E-state index contributed by atoms with van der Waals surface area (Å²) in [7, 11) is 0. The number of hydrogen-bond donors (Lipinski definition) is 0. The van der Waals surface area contributed by atoms with Crippen LogP contribution in [0.15, 0.2) is 0 Å². The summed E-state index contributed by atoms with van der Waals surface area (Å²) < 4.78 is 0. The molecule has 0 rings (SSSR count). The van der Waals surface area contributed by atoms with Crippen molar-refractivity contribution < 1.29 is 14.4 Å². The topological polar surface area (TPSA) is 54.5 Å². The summed E-state index contributed by atoms with van der Waals surface area (Å²) in [5.74, 6) is -0.378. The minimum absolute atomic E-state index is 0.0340. The first-order chi connectivity index (χ1) is 5.97. The van der Waals surface area contributed by atoms with Gasteiger partial charge in [-0.3, -0.25) is 14.4 Å². The monoisotopic (exact) mass is 185 g/mol. The van der Waals surface area contributed by atoms with E-state index in [2.05, 4.69) is 0 Å². The first kappa shape index (κ1) is 11.8. The number of rotatable bonds is 5. The van der Waals surface area contributed by atoms with Crippen LogP contribution in [0.4, 0.5) is 0 Å². The van der Waals surface area contributed by atoms with Crippen molar-refractivity contribution >= 4 is 17.5 Å². The highest BCUT2D eigenvalue weighted by Gasteiger charge is 2.14. The summed E-state index contributed by atoms with van der Waals surface area (Å²) in [6.45, 7) is 4.57. The molecule has 0 aromatic rings. The molecule has 13 heavy (non-hydrogen) atoms. The Hall–Kier alpha value is -1.19. The van der Waals surface area contributed by atoms with Gasteiger partial charge in [0.1, 0.15) is 11.6 Å². The lowest BCUT2D eigenvalue weighted by Gasteiger charge is -2.18. The smallest absolute Gasteiger partial charge is 0.223 e. The molecule has 0 fully saturated rings. The maximum Gasteiger partial charge on any atom is 0.223 e. The standard InChI is InChI=1S/C9H15NO3/c1-4-9(13)10(5-7(2)11)6-8(3)12/h4-6H2,1-3H3. The molecule has 4 heteroatoms. The van der Waals surface area contributed by atoms with E-state index in [9.17, 15) is 14.4 Å².